The number of benzene rings is 1. The number of amides is 1. The van der Waals surface area contributed by atoms with Crippen LogP contribution in [-0.2, 0) is 27.5 Å². The van der Waals surface area contributed by atoms with Gasteiger partial charge in [-0.1, -0.05) is 0 Å². The van der Waals surface area contributed by atoms with Crippen LogP contribution < -0.4 is 5.32 Å². The molecule has 1 aromatic carbocycles. The van der Waals surface area contributed by atoms with Crippen molar-refractivity contribution in [2.24, 2.45) is 0 Å². The van der Waals surface area contributed by atoms with Crippen molar-refractivity contribution in [3.05, 3.63) is 71.8 Å². The van der Waals surface area contributed by atoms with Crippen LogP contribution in [0.15, 0.2) is 53.8 Å². The predicted molar refractivity (Wildman–Crippen MR) is 125 cm³/mol. The van der Waals surface area contributed by atoms with Crippen LogP contribution in [0.4, 0.5) is 22.0 Å². The number of carbonyl (C=O) groups excluding carboxylic acids is 1. The van der Waals surface area contributed by atoms with Crippen molar-refractivity contribution in [3.8, 4) is 17.2 Å². The first-order valence-corrected chi connectivity index (χ1v) is 12.8. The second-order valence-corrected chi connectivity index (χ2v) is 10.5. The molecule has 0 aliphatic carbocycles. The molecule has 1 N–H and O–H groups in total. The van der Waals surface area contributed by atoms with Gasteiger partial charge in [0.15, 0.2) is 0 Å². The number of rotatable bonds is 6. The quantitative estimate of drug-likeness (QED) is 0.453. The Balaban J connectivity index is 1.55. The van der Waals surface area contributed by atoms with Gasteiger partial charge in [-0.3, -0.25) is 9.78 Å². The third-order valence-electron chi connectivity index (χ3n) is 6.11. The summed E-state index contributed by atoms with van der Waals surface area (Å²) in [4.78, 5) is 23.3. The van der Waals surface area contributed by atoms with Crippen molar-refractivity contribution in [1.82, 2.24) is 24.6 Å². The molecule has 0 spiro atoms. The minimum Gasteiger partial charge on any atom is -0.349 e. The van der Waals surface area contributed by atoms with Crippen LogP contribution in [0.5, 0.6) is 0 Å². The van der Waals surface area contributed by atoms with E-state index in [1.165, 1.54) is 13.0 Å². The van der Waals surface area contributed by atoms with Gasteiger partial charge in [0.2, 0.25) is 21.8 Å². The Hall–Kier alpha value is -4.03. The molecular weight excluding hydrogens is 547 g/mol. The van der Waals surface area contributed by atoms with E-state index in [-0.39, 0.29) is 33.8 Å². The Morgan fingerprint density at radius 1 is 1.15 bits per heavy atom. The molecule has 15 heteroatoms. The highest BCUT2D eigenvalue weighted by Gasteiger charge is 2.49. The third-order valence-corrected chi connectivity index (χ3v) is 8.12. The maximum Gasteiger partial charge on any atom is 0.451 e. The fourth-order valence-electron chi connectivity index (χ4n) is 4.13. The molecular formula is C24H19F5N6O3S. The van der Waals surface area contributed by atoms with E-state index in [4.69, 9.17) is 0 Å². The first kappa shape index (κ1) is 28.0. The SMILES string of the molecule is C[C@H]1[C@H](F)C[C@@H](C(=O)NCc2cc(-c3cnc(C(F)(F)F)nc3)c(C#N)cn2)N1S(=O)(=O)c1ccc(F)cc1. The van der Waals surface area contributed by atoms with Gasteiger partial charge in [-0.25, -0.2) is 27.2 Å². The lowest BCUT2D eigenvalue weighted by molar-refractivity contribution is -0.145. The van der Waals surface area contributed by atoms with Crippen LogP contribution in [0, 0.1) is 17.1 Å². The Kier molecular flexibility index (Phi) is 7.62. The normalized spacial score (nSPS) is 20.0. The number of sulfonamides is 1. The fourth-order valence-corrected chi connectivity index (χ4v) is 5.94. The molecule has 4 rings (SSSR count). The first-order valence-electron chi connectivity index (χ1n) is 11.3. The summed E-state index contributed by atoms with van der Waals surface area (Å²) in [5.41, 5.74) is 0.434. The van der Waals surface area contributed by atoms with Gasteiger partial charge in [0.1, 0.15) is 24.1 Å². The zero-order valence-corrected chi connectivity index (χ0v) is 20.8. The van der Waals surface area contributed by atoms with E-state index >= 15 is 0 Å². The van der Waals surface area contributed by atoms with E-state index in [0.29, 0.717) is 0 Å². The largest absolute Gasteiger partial charge is 0.451 e. The number of pyridine rings is 1. The van der Waals surface area contributed by atoms with Crippen molar-refractivity contribution >= 4 is 15.9 Å². The molecule has 3 atom stereocenters. The number of nitrogens with zero attached hydrogens (tertiary/aromatic N) is 5. The molecule has 0 unspecified atom stereocenters. The molecule has 3 aromatic rings. The summed E-state index contributed by atoms with van der Waals surface area (Å²) in [5, 5.41) is 11.9. The molecule has 1 aliphatic rings. The minimum absolute atomic E-state index is 0.00916. The fraction of sp³-hybridized carbons (Fsp3) is 0.292. The van der Waals surface area contributed by atoms with Gasteiger partial charge in [0.05, 0.1) is 28.7 Å². The monoisotopic (exact) mass is 566 g/mol. The number of carbonyl (C=O) groups is 1. The highest BCUT2D eigenvalue weighted by molar-refractivity contribution is 7.89. The first-order chi connectivity index (χ1) is 18.3. The minimum atomic E-state index is -4.75. The number of hydrogen-bond donors (Lipinski definition) is 1. The molecule has 39 heavy (non-hydrogen) atoms. The second kappa shape index (κ2) is 10.6. The molecule has 1 amide bonds. The lowest BCUT2D eigenvalue weighted by Gasteiger charge is -2.26. The maximum absolute atomic E-state index is 14.6. The Morgan fingerprint density at radius 3 is 2.38 bits per heavy atom. The summed E-state index contributed by atoms with van der Waals surface area (Å²) < 4.78 is 93.4. The van der Waals surface area contributed by atoms with Crippen LogP contribution in [0.2, 0.25) is 0 Å². The van der Waals surface area contributed by atoms with Gasteiger partial charge in [0, 0.05) is 36.1 Å². The average molecular weight is 567 g/mol. The predicted octanol–water partition coefficient (Wildman–Crippen LogP) is 3.37. The molecule has 1 aliphatic heterocycles. The van der Waals surface area contributed by atoms with E-state index < -0.39 is 58.4 Å². The van der Waals surface area contributed by atoms with Gasteiger partial charge in [-0.2, -0.15) is 22.7 Å². The molecule has 9 nitrogen and oxygen atoms in total. The average Bonchev–Trinajstić information content (AvgIpc) is 3.21. The summed E-state index contributed by atoms with van der Waals surface area (Å²) in [6.07, 6.45) is -3.87. The zero-order valence-electron chi connectivity index (χ0n) is 20.0. The number of nitriles is 1. The Labute approximate surface area is 219 Å². The number of nitrogens with one attached hydrogen (secondary N) is 1. The number of alkyl halides is 4. The lowest BCUT2D eigenvalue weighted by atomic mass is 10.0. The molecule has 0 radical (unpaired) electrons. The van der Waals surface area contributed by atoms with Gasteiger partial charge >= 0.3 is 6.18 Å². The summed E-state index contributed by atoms with van der Waals surface area (Å²) in [5.74, 6) is -2.85. The maximum atomic E-state index is 14.6. The van der Waals surface area contributed by atoms with Crippen molar-refractivity contribution in [1.29, 1.82) is 5.26 Å². The van der Waals surface area contributed by atoms with Crippen molar-refractivity contribution in [2.75, 3.05) is 0 Å². The van der Waals surface area contributed by atoms with Gasteiger partial charge in [-0.05, 0) is 37.3 Å². The molecule has 1 fully saturated rings. The van der Waals surface area contributed by atoms with E-state index in [1.54, 1.807) is 0 Å². The second-order valence-electron chi connectivity index (χ2n) is 8.64. The van der Waals surface area contributed by atoms with Crippen LogP contribution in [0.3, 0.4) is 0 Å². The number of halogens is 5. The topological polar surface area (TPSA) is 129 Å². The van der Waals surface area contributed by atoms with E-state index in [1.807, 2.05) is 6.07 Å². The molecule has 3 heterocycles. The summed E-state index contributed by atoms with van der Waals surface area (Å²) in [6.45, 7) is 1.05. The summed E-state index contributed by atoms with van der Waals surface area (Å²) in [7, 11) is -4.36. The van der Waals surface area contributed by atoms with Crippen LogP contribution in [0.1, 0.15) is 30.4 Å². The molecule has 1 saturated heterocycles. The third kappa shape index (κ3) is 5.71. The molecule has 2 aromatic heterocycles. The smallest absolute Gasteiger partial charge is 0.349 e. The van der Waals surface area contributed by atoms with Crippen LogP contribution in [0.25, 0.3) is 11.1 Å². The van der Waals surface area contributed by atoms with Crippen LogP contribution >= 0.6 is 0 Å². The Morgan fingerprint density at radius 2 is 1.79 bits per heavy atom. The van der Waals surface area contributed by atoms with Gasteiger partial charge < -0.3 is 5.32 Å². The number of aromatic nitrogens is 3. The summed E-state index contributed by atoms with van der Waals surface area (Å²) in [6, 6.07) is 4.53. The van der Waals surface area contributed by atoms with Gasteiger partial charge in [-0.15, -0.1) is 0 Å². The molecule has 0 saturated carbocycles. The molecule has 0 bridgehead atoms. The van der Waals surface area contributed by atoms with E-state index in [0.717, 1.165) is 47.2 Å². The van der Waals surface area contributed by atoms with Crippen molar-refractivity contribution in [3.63, 3.8) is 0 Å². The molecule has 204 valence electrons. The standard InChI is InChI=1S/C24H19F5N6O3S/c1-13-20(26)7-21(35(13)39(37,38)18-4-2-16(25)3-5-18)22(36)32-12-17-6-19(14(8-30)9-31-17)15-10-33-23(34-11-15)24(27,28)29/h2-6,9-11,13,20-21H,7,12H2,1H3,(H,32,36)/t13-,20+,21-/m0/s1. The van der Waals surface area contributed by atoms with E-state index in [2.05, 4.69) is 20.3 Å². The highest BCUT2D eigenvalue weighted by atomic mass is 32.2. The van der Waals surface area contributed by atoms with Crippen molar-refractivity contribution < 1.29 is 35.2 Å². The van der Waals surface area contributed by atoms with E-state index in [9.17, 15) is 40.4 Å². The van der Waals surface area contributed by atoms with Gasteiger partial charge in [0.25, 0.3) is 0 Å². The van der Waals surface area contributed by atoms with Crippen LogP contribution in [-0.4, -0.2) is 51.8 Å². The Bertz CT molecular complexity index is 1530. The summed E-state index contributed by atoms with van der Waals surface area (Å²) >= 11 is 0. The zero-order chi connectivity index (χ0) is 28.5. The number of hydrogen-bond acceptors (Lipinski definition) is 7. The highest BCUT2D eigenvalue weighted by Crippen LogP contribution is 2.33. The van der Waals surface area contributed by atoms with Crippen molar-refractivity contribution in [2.45, 2.75) is 49.2 Å². The lowest BCUT2D eigenvalue weighted by Crippen LogP contribution is -2.48.